The number of benzene rings is 1. The summed E-state index contributed by atoms with van der Waals surface area (Å²) >= 11 is 0. The molecule has 0 aliphatic carbocycles. The van der Waals surface area contributed by atoms with Crippen LogP contribution in [0.5, 0.6) is 11.5 Å². The Morgan fingerprint density at radius 3 is 2.73 bits per heavy atom. The van der Waals surface area contributed by atoms with Crippen LogP contribution in [0, 0.1) is 0 Å². The zero-order valence-electron chi connectivity index (χ0n) is 12.8. The highest BCUT2D eigenvalue weighted by Crippen LogP contribution is 2.25. The summed E-state index contributed by atoms with van der Waals surface area (Å²) in [5.41, 5.74) is 1.34. The summed E-state index contributed by atoms with van der Waals surface area (Å²) in [5.74, 6) is 0.348. The molecule has 0 atom stereocenters. The molecule has 0 amide bonds. The largest absolute Gasteiger partial charge is 0.497 e. The fourth-order valence-corrected chi connectivity index (χ4v) is 2.08. The lowest BCUT2D eigenvalue weighted by atomic mass is 10.2. The highest BCUT2D eigenvalue weighted by Gasteiger charge is 2.16. The van der Waals surface area contributed by atoms with Crippen molar-refractivity contribution >= 4 is 11.7 Å². The maximum atomic E-state index is 11.2. The van der Waals surface area contributed by atoms with Gasteiger partial charge < -0.3 is 19.9 Å². The minimum Gasteiger partial charge on any atom is -0.497 e. The summed E-state index contributed by atoms with van der Waals surface area (Å²) in [6.07, 6.45) is 1.68. The Balaban J connectivity index is 2.22. The fraction of sp³-hybridized carbons (Fsp3) is 0.333. The van der Waals surface area contributed by atoms with Crippen LogP contribution in [0.1, 0.15) is 23.0 Å². The number of ether oxygens (including phenoxy) is 2. The molecule has 1 heterocycles. The Morgan fingerprint density at radius 2 is 2.14 bits per heavy atom. The second-order valence-electron chi connectivity index (χ2n) is 4.58. The van der Waals surface area contributed by atoms with Crippen LogP contribution in [0.4, 0.5) is 5.69 Å². The first-order chi connectivity index (χ1) is 10.6. The average molecular weight is 305 g/mol. The first-order valence-electron chi connectivity index (χ1n) is 6.84. The molecule has 0 bridgehead atoms. The predicted octanol–water partition coefficient (Wildman–Crippen LogP) is 2.23. The second-order valence-corrected chi connectivity index (χ2v) is 4.58. The van der Waals surface area contributed by atoms with Gasteiger partial charge in [-0.3, -0.25) is 4.68 Å². The van der Waals surface area contributed by atoms with E-state index in [4.69, 9.17) is 9.47 Å². The summed E-state index contributed by atoms with van der Waals surface area (Å²) < 4.78 is 12.1. The third-order valence-electron chi connectivity index (χ3n) is 3.25. The van der Waals surface area contributed by atoms with E-state index in [1.807, 2.05) is 19.1 Å². The number of carboxylic acids is 1. The molecule has 7 heteroatoms. The molecule has 2 rings (SSSR count). The summed E-state index contributed by atoms with van der Waals surface area (Å²) in [6.45, 7) is 2.90. The summed E-state index contributed by atoms with van der Waals surface area (Å²) in [7, 11) is 3.18. The van der Waals surface area contributed by atoms with Crippen LogP contribution in [-0.2, 0) is 13.1 Å². The van der Waals surface area contributed by atoms with E-state index >= 15 is 0 Å². The maximum Gasteiger partial charge on any atom is 0.358 e. The number of hydrogen-bond acceptors (Lipinski definition) is 5. The van der Waals surface area contributed by atoms with Gasteiger partial charge in [-0.15, -0.1) is 0 Å². The van der Waals surface area contributed by atoms with Gasteiger partial charge >= 0.3 is 5.97 Å². The van der Waals surface area contributed by atoms with Gasteiger partial charge in [0.15, 0.2) is 5.69 Å². The van der Waals surface area contributed by atoms with Crippen molar-refractivity contribution < 1.29 is 19.4 Å². The van der Waals surface area contributed by atoms with Crippen molar-refractivity contribution in [1.82, 2.24) is 9.78 Å². The number of nitrogens with one attached hydrogen (secondary N) is 1. The number of aryl methyl sites for hydroxylation is 1. The highest BCUT2D eigenvalue weighted by molar-refractivity contribution is 5.91. The predicted molar refractivity (Wildman–Crippen MR) is 81.7 cm³/mol. The van der Waals surface area contributed by atoms with Gasteiger partial charge in [0.2, 0.25) is 0 Å². The van der Waals surface area contributed by atoms with E-state index in [1.54, 1.807) is 31.2 Å². The molecule has 7 nitrogen and oxygen atoms in total. The lowest BCUT2D eigenvalue weighted by Crippen LogP contribution is -2.06. The summed E-state index contributed by atoms with van der Waals surface area (Å²) in [6, 6.07) is 5.46. The quantitative estimate of drug-likeness (QED) is 0.816. The number of methoxy groups -OCH3 is 2. The number of nitrogens with zero attached hydrogens (tertiary/aromatic N) is 2. The highest BCUT2D eigenvalue weighted by atomic mass is 16.5. The Labute approximate surface area is 128 Å². The number of aromatic carboxylic acids is 1. The van der Waals surface area contributed by atoms with Gasteiger partial charge in [0.1, 0.15) is 11.5 Å². The van der Waals surface area contributed by atoms with E-state index in [2.05, 4.69) is 10.4 Å². The van der Waals surface area contributed by atoms with Crippen LogP contribution in [0.3, 0.4) is 0 Å². The van der Waals surface area contributed by atoms with Gasteiger partial charge in [-0.25, -0.2) is 4.79 Å². The zero-order valence-corrected chi connectivity index (χ0v) is 12.8. The van der Waals surface area contributed by atoms with E-state index in [-0.39, 0.29) is 5.69 Å². The molecule has 1 aromatic carbocycles. The maximum absolute atomic E-state index is 11.2. The first-order valence-corrected chi connectivity index (χ1v) is 6.84. The van der Waals surface area contributed by atoms with Crippen molar-refractivity contribution in [1.29, 1.82) is 0 Å². The number of anilines is 1. The standard InChI is InChI=1S/C15H19N3O4/c1-4-18-9-12(14(17-18)15(19)20)16-8-10-7-11(21-2)5-6-13(10)22-3/h5-7,9,16H,4,8H2,1-3H3,(H,19,20). The average Bonchev–Trinajstić information content (AvgIpc) is 2.96. The van der Waals surface area contributed by atoms with Gasteiger partial charge in [0.25, 0.3) is 0 Å². The van der Waals surface area contributed by atoms with Crippen LogP contribution >= 0.6 is 0 Å². The number of hydrogen-bond donors (Lipinski definition) is 2. The van der Waals surface area contributed by atoms with Crippen molar-refractivity contribution in [3.05, 3.63) is 35.7 Å². The van der Waals surface area contributed by atoms with Gasteiger partial charge in [0.05, 0.1) is 19.9 Å². The van der Waals surface area contributed by atoms with Crippen LogP contribution in [-0.4, -0.2) is 35.1 Å². The van der Waals surface area contributed by atoms with Gasteiger partial charge in [-0.05, 0) is 25.1 Å². The second kappa shape index (κ2) is 6.84. The van der Waals surface area contributed by atoms with E-state index in [0.29, 0.717) is 30.3 Å². The van der Waals surface area contributed by atoms with Gasteiger partial charge in [0, 0.05) is 24.8 Å². The lowest BCUT2D eigenvalue weighted by Gasteiger charge is -2.11. The van der Waals surface area contributed by atoms with Crippen LogP contribution in [0.25, 0.3) is 0 Å². The lowest BCUT2D eigenvalue weighted by molar-refractivity contribution is 0.0690. The Bertz CT molecular complexity index is 667. The molecule has 2 N–H and O–H groups in total. The SMILES string of the molecule is CCn1cc(NCc2cc(OC)ccc2OC)c(C(=O)O)n1. The van der Waals surface area contributed by atoms with E-state index < -0.39 is 5.97 Å². The monoisotopic (exact) mass is 305 g/mol. The fourth-order valence-electron chi connectivity index (χ4n) is 2.08. The van der Waals surface area contributed by atoms with E-state index in [9.17, 15) is 9.90 Å². The minimum absolute atomic E-state index is 0.00344. The molecular weight excluding hydrogens is 286 g/mol. The molecule has 2 aromatic rings. The Morgan fingerprint density at radius 1 is 1.36 bits per heavy atom. The van der Waals surface area contributed by atoms with Gasteiger partial charge in [-0.2, -0.15) is 5.10 Å². The smallest absolute Gasteiger partial charge is 0.358 e. The molecule has 0 spiro atoms. The normalized spacial score (nSPS) is 10.3. The molecule has 118 valence electrons. The number of carbonyl (C=O) groups is 1. The third-order valence-corrected chi connectivity index (χ3v) is 3.25. The van der Waals surface area contributed by atoms with E-state index in [1.165, 1.54) is 0 Å². The summed E-state index contributed by atoms with van der Waals surface area (Å²) in [4.78, 5) is 11.2. The molecule has 0 saturated heterocycles. The molecule has 22 heavy (non-hydrogen) atoms. The zero-order chi connectivity index (χ0) is 16.1. The minimum atomic E-state index is -1.06. The molecule has 0 aliphatic heterocycles. The van der Waals surface area contributed by atoms with Crippen LogP contribution in [0.15, 0.2) is 24.4 Å². The van der Waals surface area contributed by atoms with Crippen LogP contribution in [0.2, 0.25) is 0 Å². The third kappa shape index (κ3) is 3.30. The molecular formula is C15H19N3O4. The Kier molecular flexibility index (Phi) is 4.88. The first kappa shape index (κ1) is 15.7. The van der Waals surface area contributed by atoms with Crippen molar-refractivity contribution in [2.24, 2.45) is 0 Å². The molecule has 0 aliphatic rings. The molecule has 0 fully saturated rings. The summed E-state index contributed by atoms with van der Waals surface area (Å²) in [5, 5.41) is 16.3. The van der Waals surface area contributed by atoms with Crippen molar-refractivity contribution in [3.8, 4) is 11.5 Å². The Hall–Kier alpha value is -2.70. The topological polar surface area (TPSA) is 85.6 Å². The number of carboxylic acid groups (broad SMARTS) is 1. The van der Waals surface area contributed by atoms with Crippen molar-refractivity contribution in [2.75, 3.05) is 19.5 Å². The molecule has 0 unspecified atom stereocenters. The molecule has 1 aromatic heterocycles. The van der Waals surface area contributed by atoms with E-state index in [0.717, 1.165) is 5.56 Å². The molecule has 0 saturated carbocycles. The van der Waals surface area contributed by atoms with Crippen molar-refractivity contribution in [3.63, 3.8) is 0 Å². The van der Waals surface area contributed by atoms with Gasteiger partial charge in [-0.1, -0.05) is 0 Å². The molecule has 0 radical (unpaired) electrons. The number of aromatic nitrogens is 2. The van der Waals surface area contributed by atoms with Crippen LogP contribution < -0.4 is 14.8 Å². The van der Waals surface area contributed by atoms with Crippen molar-refractivity contribution in [2.45, 2.75) is 20.0 Å². The number of rotatable bonds is 7.